The molecule has 2 fully saturated rings. The minimum Gasteiger partial charge on any atom is -0.399 e. The van der Waals surface area contributed by atoms with Gasteiger partial charge in [-0.25, -0.2) is 13.2 Å². The number of nitrogen functional groups attached to an aromatic ring is 1. The lowest BCUT2D eigenvalue weighted by molar-refractivity contribution is -0.107. The molecule has 1 atom stereocenters. The third kappa shape index (κ3) is 3.02. The van der Waals surface area contributed by atoms with E-state index >= 15 is 0 Å². The third-order valence-corrected chi connectivity index (χ3v) is 4.79. The van der Waals surface area contributed by atoms with Crippen molar-refractivity contribution in [2.45, 2.75) is 37.6 Å². The lowest BCUT2D eigenvalue weighted by atomic mass is 9.90. The topological polar surface area (TPSA) is 32.5 Å². The molecule has 2 aliphatic rings. The van der Waals surface area contributed by atoms with Crippen molar-refractivity contribution in [1.29, 1.82) is 0 Å². The Kier molecular flexibility index (Phi) is 4.21. The van der Waals surface area contributed by atoms with Gasteiger partial charge in [-0.1, -0.05) is 6.42 Å². The fraction of sp³-hybridized carbons (Fsp3) is 0.625. The van der Waals surface area contributed by atoms with E-state index in [-0.39, 0.29) is 12.2 Å². The molecular weight excluding hydrogens is 291 g/mol. The minimum atomic E-state index is -2.59. The average molecular weight is 313 g/mol. The maximum absolute atomic E-state index is 14.1. The predicted octanol–water partition coefficient (Wildman–Crippen LogP) is 3.11. The van der Waals surface area contributed by atoms with Gasteiger partial charge in [0.05, 0.1) is 11.7 Å². The van der Waals surface area contributed by atoms with Gasteiger partial charge in [0.15, 0.2) is 0 Å². The van der Waals surface area contributed by atoms with E-state index in [9.17, 15) is 13.2 Å². The number of piperazine rings is 1. The molecule has 2 N–H and O–H groups in total. The van der Waals surface area contributed by atoms with E-state index in [2.05, 4.69) is 0 Å². The van der Waals surface area contributed by atoms with E-state index in [1.165, 1.54) is 6.07 Å². The molecule has 6 heteroatoms. The highest BCUT2D eigenvalue weighted by atomic mass is 19.3. The summed E-state index contributed by atoms with van der Waals surface area (Å²) in [5.74, 6) is -2.94. The summed E-state index contributed by atoms with van der Waals surface area (Å²) >= 11 is 0. The van der Waals surface area contributed by atoms with Gasteiger partial charge >= 0.3 is 0 Å². The number of hydrogen-bond donors (Lipinski definition) is 1. The fourth-order valence-corrected chi connectivity index (χ4v) is 3.58. The van der Waals surface area contributed by atoms with E-state index in [4.69, 9.17) is 5.73 Å². The van der Waals surface area contributed by atoms with Crippen LogP contribution in [0.4, 0.5) is 24.5 Å². The Labute approximate surface area is 128 Å². The monoisotopic (exact) mass is 313 g/mol. The first kappa shape index (κ1) is 15.5. The van der Waals surface area contributed by atoms with Crippen molar-refractivity contribution < 1.29 is 13.2 Å². The van der Waals surface area contributed by atoms with Crippen molar-refractivity contribution in [3.05, 3.63) is 24.0 Å². The molecule has 0 aromatic heterocycles. The largest absolute Gasteiger partial charge is 0.399 e. The van der Waals surface area contributed by atoms with Crippen LogP contribution >= 0.6 is 0 Å². The number of alkyl halides is 2. The smallest absolute Gasteiger partial charge is 0.263 e. The molecule has 3 rings (SSSR count). The number of benzene rings is 1. The van der Waals surface area contributed by atoms with Crippen LogP contribution in [0.2, 0.25) is 0 Å². The van der Waals surface area contributed by atoms with Crippen molar-refractivity contribution in [1.82, 2.24) is 4.90 Å². The summed E-state index contributed by atoms with van der Waals surface area (Å²) in [6, 6.07) is 3.98. The molecule has 22 heavy (non-hydrogen) atoms. The Morgan fingerprint density at radius 3 is 2.45 bits per heavy atom. The van der Waals surface area contributed by atoms with Crippen LogP contribution in [0.5, 0.6) is 0 Å². The van der Waals surface area contributed by atoms with Crippen LogP contribution in [0, 0.1) is 5.82 Å². The van der Waals surface area contributed by atoms with Crippen LogP contribution in [0.1, 0.15) is 25.7 Å². The number of anilines is 2. The highest BCUT2D eigenvalue weighted by Crippen LogP contribution is 2.37. The molecule has 0 amide bonds. The van der Waals surface area contributed by atoms with Gasteiger partial charge in [0, 0.05) is 38.3 Å². The Morgan fingerprint density at radius 1 is 1.09 bits per heavy atom. The van der Waals surface area contributed by atoms with Crippen molar-refractivity contribution in [3.63, 3.8) is 0 Å². The molecule has 122 valence electrons. The molecule has 1 unspecified atom stereocenters. The van der Waals surface area contributed by atoms with Crippen molar-refractivity contribution in [2.75, 3.05) is 36.8 Å². The van der Waals surface area contributed by atoms with Crippen molar-refractivity contribution in [2.24, 2.45) is 0 Å². The lowest BCUT2D eigenvalue weighted by Crippen LogP contribution is -2.56. The normalized spacial score (nSPS) is 26.1. The molecule has 1 heterocycles. The quantitative estimate of drug-likeness (QED) is 0.852. The highest BCUT2D eigenvalue weighted by molar-refractivity contribution is 5.54. The summed E-state index contributed by atoms with van der Waals surface area (Å²) < 4.78 is 42.1. The molecule has 1 saturated heterocycles. The number of nitrogens with zero attached hydrogens (tertiary/aromatic N) is 2. The first-order chi connectivity index (χ1) is 10.5. The van der Waals surface area contributed by atoms with Crippen LogP contribution in [0.3, 0.4) is 0 Å². The third-order valence-electron chi connectivity index (χ3n) is 4.79. The molecule has 3 nitrogen and oxygen atoms in total. The van der Waals surface area contributed by atoms with E-state index in [1.807, 2.05) is 9.80 Å². The zero-order chi connectivity index (χ0) is 15.7. The van der Waals surface area contributed by atoms with E-state index in [1.54, 1.807) is 12.1 Å². The Hall–Kier alpha value is -1.43. The molecule has 1 aliphatic carbocycles. The molecule has 1 aromatic rings. The first-order valence-electron chi connectivity index (χ1n) is 7.89. The summed E-state index contributed by atoms with van der Waals surface area (Å²) in [6.07, 6.45) is 2.03. The van der Waals surface area contributed by atoms with Crippen molar-refractivity contribution in [3.8, 4) is 0 Å². The van der Waals surface area contributed by atoms with Gasteiger partial charge in [0.1, 0.15) is 5.82 Å². The van der Waals surface area contributed by atoms with Crippen molar-refractivity contribution >= 4 is 11.4 Å². The fourth-order valence-electron chi connectivity index (χ4n) is 3.58. The molecule has 0 bridgehead atoms. The number of rotatable bonds is 2. The van der Waals surface area contributed by atoms with Gasteiger partial charge in [-0.05, 0) is 31.0 Å². The van der Waals surface area contributed by atoms with Gasteiger partial charge < -0.3 is 10.6 Å². The number of hydrogen-bond acceptors (Lipinski definition) is 3. The maximum Gasteiger partial charge on any atom is 0.263 e. The van der Waals surface area contributed by atoms with Gasteiger partial charge in [0.25, 0.3) is 5.92 Å². The summed E-state index contributed by atoms with van der Waals surface area (Å²) in [4.78, 5) is 3.79. The Bertz CT molecular complexity index is 527. The minimum absolute atomic E-state index is 0.00945. The zero-order valence-corrected chi connectivity index (χ0v) is 12.6. The molecule has 1 saturated carbocycles. The average Bonchev–Trinajstić information content (AvgIpc) is 2.47. The Balaban J connectivity index is 1.65. The first-order valence-corrected chi connectivity index (χ1v) is 7.89. The van der Waals surface area contributed by atoms with Gasteiger partial charge in [-0.2, -0.15) is 0 Å². The number of halogens is 3. The highest BCUT2D eigenvalue weighted by Gasteiger charge is 2.45. The standard InChI is InChI=1S/C16H22F3N3/c17-13-11-12(20)4-5-14(13)21-7-9-22(10-8-21)15-3-1-2-6-16(15,18)19/h4-5,11,15H,1-3,6-10,20H2. The van der Waals surface area contributed by atoms with Crippen LogP contribution in [-0.4, -0.2) is 43.0 Å². The predicted molar refractivity (Wildman–Crippen MR) is 81.8 cm³/mol. The van der Waals surface area contributed by atoms with Crippen LogP contribution in [0.15, 0.2) is 18.2 Å². The second-order valence-electron chi connectivity index (χ2n) is 6.26. The molecular formula is C16H22F3N3. The van der Waals surface area contributed by atoms with Gasteiger partial charge in [-0.15, -0.1) is 0 Å². The SMILES string of the molecule is Nc1ccc(N2CCN(C3CCCCC3(F)F)CC2)c(F)c1. The van der Waals surface area contributed by atoms with E-state index in [0.29, 0.717) is 50.4 Å². The van der Waals surface area contributed by atoms with E-state index < -0.39 is 12.0 Å². The van der Waals surface area contributed by atoms with Crippen LogP contribution in [-0.2, 0) is 0 Å². The summed E-state index contributed by atoms with van der Waals surface area (Å²) in [6.45, 7) is 2.22. The molecule has 0 spiro atoms. The van der Waals surface area contributed by atoms with Gasteiger partial charge in [0.2, 0.25) is 0 Å². The van der Waals surface area contributed by atoms with Crippen LogP contribution < -0.4 is 10.6 Å². The summed E-state index contributed by atoms with van der Waals surface area (Å²) in [7, 11) is 0. The second kappa shape index (κ2) is 5.99. The molecule has 0 radical (unpaired) electrons. The molecule has 1 aromatic carbocycles. The summed E-state index contributed by atoms with van der Waals surface area (Å²) in [5, 5.41) is 0. The molecule has 1 aliphatic heterocycles. The van der Waals surface area contributed by atoms with Gasteiger partial charge in [-0.3, -0.25) is 4.90 Å². The van der Waals surface area contributed by atoms with E-state index in [0.717, 1.165) is 6.42 Å². The summed E-state index contributed by atoms with van der Waals surface area (Å²) in [5.41, 5.74) is 6.45. The zero-order valence-electron chi connectivity index (χ0n) is 12.6. The maximum atomic E-state index is 14.1. The second-order valence-corrected chi connectivity index (χ2v) is 6.26. The number of nitrogens with two attached hydrogens (primary N) is 1. The lowest BCUT2D eigenvalue weighted by Gasteiger charge is -2.44. The Morgan fingerprint density at radius 2 is 1.82 bits per heavy atom. The van der Waals surface area contributed by atoms with Crippen LogP contribution in [0.25, 0.3) is 0 Å².